The second-order valence-electron chi connectivity index (χ2n) is 7.43. The lowest BCUT2D eigenvalue weighted by Crippen LogP contribution is -2.53. The molecule has 2 aliphatic heterocycles. The lowest BCUT2D eigenvalue weighted by atomic mass is 10.00. The van der Waals surface area contributed by atoms with Crippen LogP contribution in [0.25, 0.3) is 0 Å². The van der Waals surface area contributed by atoms with Crippen molar-refractivity contribution in [3.8, 4) is 0 Å². The summed E-state index contributed by atoms with van der Waals surface area (Å²) in [4.78, 5) is 16.2. The summed E-state index contributed by atoms with van der Waals surface area (Å²) in [6.07, 6.45) is 3.02. The third-order valence-electron chi connectivity index (χ3n) is 5.69. The normalized spacial score (nSPS) is 18.1. The van der Waals surface area contributed by atoms with Gasteiger partial charge in [0.25, 0.3) is 0 Å². The van der Waals surface area contributed by atoms with Crippen LogP contribution >= 0.6 is 0 Å². The third-order valence-corrected chi connectivity index (χ3v) is 5.69. The largest absolute Gasteiger partial charge is 0.355 e. The van der Waals surface area contributed by atoms with E-state index in [4.69, 9.17) is 0 Å². The van der Waals surface area contributed by atoms with Gasteiger partial charge in [-0.2, -0.15) is 0 Å². The molecule has 6 heteroatoms. The van der Waals surface area contributed by atoms with Crippen molar-refractivity contribution in [3.05, 3.63) is 59.8 Å². The van der Waals surface area contributed by atoms with Gasteiger partial charge in [0.1, 0.15) is 5.82 Å². The summed E-state index contributed by atoms with van der Waals surface area (Å²) in [7, 11) is 1.88. The Hall–Kier alpha value is -2.60. The second-order valence-corrected chi connectivity index (χ2v) is 7.43. The van der Waals surface area contributed by atoms with Crippen LogP contribution < -0.4 is 10.2 Å². The Balaban J connectivity index is 1.23. The van der Waals surface area contributed by atoms with E-state index in [0.29, 0.717) is 0 Å². The molecule has 1 saturated heterocycles. The Morgan fingerprint density at radius 2 is 1.79 bits per heavy atom. The molecule has 1 N–H and O–H groups in total. The van der Waals surface area contributed by atoms with Gasteiger partial charge in [-0.15, -0.1) is 0 Å². The number of aliphatic imine (C=N–C) groups is 1. The zero-order valence-corrected chi connectivity index (χ0v) is 16.7. The number of hydrogen-bond acceptors (Lipinski definition) is 4. The fourth-order valence-electron chi connectivity index (χ4n) is 4.09. The smallest absolute Gasteiger partial charge is 0.193 e. The molecule has 1 aromatic carbocycles. The minimum absolute atomic E-state index is 0.926. The van der Waals surface area contributed by atoms with Gasteiger partial charge in [0.15, 0.2) is 5.96 Å². The first kappa shape index (κ1) is 18.7. The molecule has 1 aromatic heterocycles. The van der Waals surface area contributed by atoms with E-state index in [-0.39, 0.29) is 0 Å². The van der Waals surface area contributed by atoms with Crippen molar-refractivity contribution in [2.45, 2.75) is 13.0 Å². The van der Waals surface area contributed by atoms with Crippen LogP contribution in [0.1, 0.15) is 11.1 Å². The summed E-state index contributed by atoms with van der Waals surface area (Å²) >= 11 is 0. The van der Waals surface area contributed by atoms with E-state index in [0.717, 1.165) is 70.6 Å². The number of fused-ring (bicyclic) bond motifs is 1. The Bertz CT molecular complexity index is 783. The average Bonchev–Trinajstić information content (AvgIpc) is 2.77. The number of benzene rings is 1. The topological polar surface area (TPSA) is 47.0 Å². The Morgan fingerprint density at radius 3 is 2.54 bits per heavy atom. The molecule has 4 rings (SSSR count). The van der Waals surface area contributed by atoms with Gasteiger partial charge in [-0.3, -0.25) is 9.89 Å². The summed E-state index contributed by atoms with van der Waals surface area (Å²) in [6.45, 7) is 8.04. The average molecular weight is 379 g/mol. The number of pyridine rings is 1. The summed E-state index contributed by atoms with van der Waals surface area (Å²) in [5, 5.41) is 3.57. The highest BCUT2D eigenvalue weighted by Crippen LogP contribution is 2.18. The lowest BCUT2D eigenvalue weighted by Gasteiger charge is -2.37. The zero-order chi connectivity index (χ0) is 19.2. The van der Waals surface area contributed by atoms with Crippen molar-refractivity contribution in [1.82, 2.24) is 20.1 Å². The van der Waals surface area contributed by atoms with Gasteiger partial charge in [0.2, 0.25) is 0 Å². The molecule has 6 nitrogen and oxygen atoms in total. The minimum atomic E-state index is 0.926. The second kappa shape index (κ2) is 9.06. The molecule has 2 aliphatic rings. The van der Waals surface area contributed by atoms with Gasteiger partial charge in [0, 0.05) is 65.6 Å². The molecule has 0 saturated carbocycles. The first-order chi connectivity index (χ1) is 13.8. The number of hydrogen-bond donors (Lipinski definition) is 1. The van der Waals surface area contributed by atoms with Crippen molar-refractivity contribution in [3.63, 3.8) is 0 Å². The van der Waals surface area contributed by atoms with Crippen LogP contribution in [0.5, 0.6) is 0 Å². The third kappa shape index (κ3) is 4.44. The van der Waals surface area contributed by atoms with Crippen LogP contribution in [-0.2, 0) is 13.0 Å². The molecular weight excluding hydrogens is 348 g/mol. The maximum absolute atomic E-state index is 4.51. The summed E-state index contributed by atoms with van der Waals surface area (Å²) in [5.41, 5.74) is 2.98. The quantitative estimate of drug-likeness (QED) is 0.650. The molecule has 0 amide bonds. The van der Waals surface area contributed by atoms with Gasteiger partial charge in [0.05, 0.1) is 0 Å². The van der Waals surface area contributed by atoms with E-state index >= 15 is 0 Å². The molecular formula is C22H30N6. The molecule has 0 unspecified atom stereocenters. The highest BCUT2D eigenvalue weighted by Gasteiger charge is 2.21. The lowest BCUT2D eigenvalue weighted by molar-refractivity contribution is 0.256. The van der Waals surface area contributed by atoms with Crippen molar-refractivity contribution in [2.24, 2.45) is 4.99 Å². The number of nitrogens with zero attached hydrogens (tertiary/aromatic N) is 5. The number of guanidine groups is 1. The number of anilines is 1. The minimum Gasteiger partial charge on any atom is -0.355 e. The molecule has 0 aliphatic carbocycles. The van der Waals surface area contributed by atoms with Crippen molar-refractivity contribution in [2.75, 3.05) is 57.8 Å². The van der Waals surface area contributed by atoms with E-state index in [1.165, 1.54) is 11.1 Å². The van der Waals surface area contributed by atoms with E-state index in [1.54, 1.807) is 0 Å². The molecule has 0 atom stereocenters. The molecule has 3 heterocycles. The molecule has 0 spiro atoms. The fraction of sp³-hybridized carbons (Fsp3) is 0.455. The molecule has 148 valence electrons. The monoisotopic (exact) mass is 378 g/mol. The van der Waals surface area contributed by atoms with E-state index in [9.17, 15) is 0 Å². The zero-order valence-electron chi connectivity index (χ0n) is 16.7. The van der Waals surface area contributed by atoms with Gasteiger partial charge in [-0.1, -0.05) is 30.3 Å². The standard InChI is InChI=1S/C22H30N6/c1-23-22(28-16-14-27(15-17-28)21-8-4-5-10-24-21)25-11-13-26-12-9-19-6-2-3-7-20(19)18-26/h2-8,10H,9,11-18H2,1H3,(H,23,25). The highest BCUT2D eigenvalue weighted by atomic mass is 15.4. The number of nitrogens with one attached hydrogen (secondary N) is 1. The SMILES string of the molecule is CN=C(NCCN1CCc2ccccc2C1)N1CCN(c2ccccn2)CC1. The number of rotatable bonds is 4. The highest BCUT2D eigenvalue weighted by molar-refractivity contribution is 5.80. The molecule has 1 fully saturated rings. The molecule has 2 aromatic rings. The van der Waals surface area contributed by atoms with Crippen molar-refractivity contribution >= 4 is 11.8 Å². The van der Waals surface area contributed by atoms with Crippen LogP contribution in [-0.4, -0.2) is 73.6 Å². The van der Waals surface area contributed by atoms with Crippen LogP contribution in [0.2, 0.25) is 0 Å². The van der Waals surface area contributed by atoms with E-state index in [2.05, 4.69) is 60.3 Å². The maximum Gasteiger partial charge on any atom is 0.193 e. The van der Waals surface area contributed by atoms with Gasteiger partial charge >= 0.3 is 0 Å². The van der Waals surface area contributed by atoms with Crippen LogP contribution in [0, 0.1) is 0 Å². The fourth-order valence-corrected chi connectivity index (χ4v) is 4.09. The Morgan fingerprint density at radius 1 is 1.00 bits per heavy atom. The predicted octanol–water partition coefficient (Wildman–Crippen LogP) is 1.84. The van der Waals surface area contributed by atoms with Crippen LogP contribution in [0.4, 0.5) is 5.82 Å². The van der Waals surface area contributed by atoms with Crippen LogP contribution in [0.3, 0.4) is 0 Å². The summed E-state index contributed by atoms with van der Waals surface area (Å²) < 4.78 is 0. The van der Waals surface area contributed by atoms with Crippen LogP contribution in [0.15, 0.2) is 53.7 Å². The molecule has 28 heavy (non-hydrogen) atoms. The first-order valence-electron chi connectivity index (χ1n) is 10.2. The molecule has 0 bridgehead atoms. The van der Waals surface area contributed by atoms with Gasteiger partial charge in [-0.05, 0) is 29.7 Å². The van der Waals surface area contributed by atoms with Crippen molar-refractivity contribution in [1.29, 1.82) is 0 Å². The number of aromatic nitrogens is 1. The van der Waals surface area contributed by atoms with E-state index in [1.807, 2.05) is 25.4 Å². The Kier molecular flexibility index (Phi) is 6.07. The van der Waals surface area contributed by atoms with Gasteiger partial charge < -0.3 is 15.1 Å². The van der Waals surface area contributed by atoms with Gasteiger partial charge in [-0.25, -0.2) is 4.98 Å². The summed E-state index contributed by atoms with van der Waals surface area (Å²) in [5.74, 6) is 2.08. The number of piperazine rings is 1. The molecule has 0 radical (unpaired) electrons. The van der Waals surface area contributed by atoms with E-state index < -0.39 is 0 Å². The Labute approximate surface area is 167 Å². The van der Waals surface area contributed by atoms with Crippen molar-refractivity contribution < 1.29 is 0 Å². The maximum atomic E-state index is 4.51. The predicted molar refractivity (Wildman–Crippen MR) is 115 cm³/mol. The first-order valence-corrected chi connectivity index (χ1v) is 10.2. The summed E-state index contributed by atoms with van der Waals surface area (Å²) in [6, 6.07) is 14.9.